The van der Waals surface area contributed by atoms with Crippen molar-refractivity contribution in [2.75, 3.05) is 17.3 Å². The molecule has 0 bridgehead atoms. The van der Waals surface area contributed by atoms with Crippen molar-refractivity contribution in [3.63, 3.8) is 0 Å². The molecule has 0 aliphatic rings. The van der Waals surface area contributed by atoms with Crippen molar-refractivity contribution in [3.05, 3.63) is 59.7 Å². The highest BCUT2D eigenvalue weighted by atomic mass is 16.2. The number of carbonyl (C=O) groups is 1. The van der Waals surface area contributed by atoms with Gasteiger partial charge in [-0.15, -0.1) is 0 Å². The van der Waals surface area contributed by atoms with E-state index in [0.29, 0.717) is 22.5 Å². The Morgan fingerprint density at radius 1 is 0.952 bits per heavy atom. The van der Waals surface area contributed by atoms with Gasteiger partial charge in [0.25, 0.3) is 0 Å². The largest absolute Gasteiger partial charge is 0.326 e. The maximum Gasteiger partial charge on any atom is 0.326 e. The quantitative estimate of drug-likeness (QED) is 0.915. The van der Waals surface area contributed by atoms with Gasteiger partial charge in [0.15, 0.2) is 0 Å². The van der Waals surface area contributed by atoms with Crippen LogP contribution in [0.5, 0.6) is 0 Å². The Balaban J connectivity index is 2.08. The van der Waals surface area contributed by atoms with Gasteiger partial charge in [-0.25, -0.2) is 4.79 Å². The fourth-order valence-corrected chi connectivity index (χ4v) is 1.71. The number of amides is 2. The summed E-state index contributed by atoms with van der Waals surface area (Å²) in [7, 11) is 1.64. The van der Waals surface area contributed by atoms with Gasteiger partial charge in [0.05, 0.1) is 23.3 Å². The van der Waals surface area contributed by atoms with Crippen molar-refractivity contribution in [2.45, 2.75) is 0 Å². The highest BCUT2D eigenvalue weighted by Crippen LogP contribution is 2.16. The van der Waals surface area contributed by atoms with E-state index in [0.717, 1.165) is 0 Å². The fourth-order valence-electron chi connectivity index (χ4n) is 1.71. The molecule has 21 heavy (non-hydrogen) atoms. The molecule has 0 aliphatic carbocycles. The van der Waals surface area contributed by atoms with Crippen LogP contribution in [-0.2, 0) is 0 Å². The van der Waals surface area contributed by atoms with Gasteiger partial charge in [0.2, 0.25) is 0 Å². The predicted octanol–water partition coefficient (Wildman–Crippen LogP) is 3.10. The lowest BCUT2D eigenvalue weighted by Crippen LogP contribution is -2.31. The summed E-state index contributed by atoms with van der Waals surface area (Å²) in [4.78, 5) is 13.6. The molecule has 5 heteroatoms. The zero-order valence-corrected chi connectivity index (χ0v) is 11.4. The molecule has 0 saturated carbocycles. The van der Waals surface area contributed by atoms with Crippen LogP contribution < -0.4 is 10.2 Å². The van der Waals surface area contributed by atoms with Crippen LogP contribution in [0.4, 0.5) is 16.2 Å². The van der Waals surface area contributed by atoms with E-state index in [1.165, 1.54) is 4.90 Å². The van der Waals surface area contributed by atoms with Gasteiger partial charge >= 0.3 is 6.03 Å². The molecule has 2 aromatic carbocycles. The molecule has 0 aromatic heterocycles. The van der Waals surface area contributed by atoms with Gasteiger partial charge in [0, 0.05) is 18.4 Å². The average Bonchev–Trinajstić information content (AvgIpc) is 2.55. The average molecular weight is 276 g/mol. The standard InChI is InChI=1S/C16H12N4O/c1-20(15-8-4-13(11-18)5-9-15)16(21)19-14-6-2-12(10-17)3-7-14/h2-9H,1H3,(H,19,21). The van der Waals surface area contributed by atoms with E-state index in [-0.39, 0.29) is 6.03 Å². The zero-order chi connectivity index (χ0) is 15.2. The molecular formula is C16H12N4O. The Bertz CT molecular complexity index is 721. The molecule has 0 aliphatic heterocycles. The molecule has 0 saturated heterocycles. The Hall–Kier alpha value is -3.31. The lowest BCUT2D eigenvalue weighted by atomic mass is 10.2. The van der Waals surface area contributed by atoms with Crippen LogP contribution in [0.25, 0.3) is 0 Å². The van der Waals surface area contributed by atoms with Crippen molar-refractivity contribution in [3.8, 4) is 12.1 Å². The van der Waals surface area contributed by atoms with Crippen LogP contribution in [0.2, 0.25) is 0 Å². The van der Waals surface area contributed by atoms with Gasteiger partial charge < -0.3 is 5.32 Å². The van der Waals surface area contributed by atoms with Crippen LogP contribution in [-0.4, -0.2) is 13.1 Å². The van der Waals surface area contributed by atoms with E-state index in [4.69, 9.17) is 10.5 Å². The molecule has 5 nitrogen and oxygen atoms in total. The summed E-state index contributed by atoms with van der Waals surface area (Å²) in [6.07, 6.45) is 0. The Morgan fingerprint density at radius 2 is 1.43 bits per heavy atom. The summed E-state index contributed by atoms with van der Waals surface area (Å²) in [6.45, 7) is 0. The first-order chi connectivity index (χ1) is 10.1. The second-order valence-electron chi connectivity index (χ2n) is 4.34. The number of nitriles is 2. The molecule has 0 heterocycles. The lowest BCUT2D eigenvalue weighted by Gasteiger charge is -2.18. The molecule has 0 unspecified atom stereocenters. The van der Waals surface area contributed by atoms with Gasteiger partial charge in [-0.1, -0.05) is 0 Å². The highest BCUT2D eigenvalue weighted by Gasteiger charge is 2.10. The van der Waals surface area contributed by atoms with Gasteiger partial charge in [-0.2, -0.15) is 10.5 Å². The third-order valence-corrected chi connectivity index (χ3v) is 2.95. The van der Waals surface area contributed by atoms with Crippen molar-refractivity contribution in [2.24, 2.45) is 0 Å². The number of nitrogens with zero attached hydrogens (tertiary/aromatic N) is 3. The van der Waals surface area contributed by atoms with Crippen molar-refractivity contribution < 1.29 is 4.79 Å². The number of benzene rings is 2. The summed E-state index contributed by atoms with van der Waals surface area (Å²) in [5.41, 5.74) is 2.37. The van der Waals surface area contributed by atoms with E-state index in [2.05, 4.69) is 5.32 Å². The SMILES string of the molecule is CN(C(=O)Nc1ccc(C#N)cc1)c1ccc(C#N)cc1. The number of anilines is 2. The molecule has 2 aromatic rings. The van der Waals surface area contributed by atoms with Crippen LogP contribution in [0.1, 0.15) is 11.1 Å². The smallest absolute Gasteiger partial charge is 0.308 e. The maximum atomic E-state index is 12.1. The van der Waals surface area contributed by atoms with E-state index in [1.807, 2.05) is 12.1 Å². The molecule has 0 fully saturated rings. The minimum Gasteiger partial charge on any atom is -0.308 e. The highest BCUT2D eigenvalue weighted by molar-refractivity contribution is 6.01. The number of nitrogens with one attached hydrogen (secondary N) is 1. The number of carbonyl (C=O) groups excluding carboxylic acids is 1. The summed E-state index contributed by atoms with van der Waals surface area (Å²) in [5.74, 6) is 0. The summed E-state index contributed by atoms with van der Waals surface area (Å²) in [5, 5.41) is 20.2. The maximum absolute atomic E-state index is 12.1. The molecular weight excluding hydrogens is 264 g/mol. The zero-order valence-electron chi connectivity index (χ0n) is 11.4. The molecule has 2 rings (SSSR count). The van der Waals surface area contributed by atoms with E-state index in [9.17, 15) is 4.79 Å². The van der Waals surface area contributed by atoms with Crippen molar-refractivity contribution in [1.29, 1.82) is 10.5 Å². The summed E-state index contributed by atoms with van der Waals surface area (Å²) in [6, 6.07) is 17.1. The van der Waals surface area contributed by atoms with Gasteiger partial charge in [0.1, 0.15) is 0 Å². The molecule has 0 radical (unpaired) electrons. The first-order valence-corrected chi connectivity index (χ1v) is 6.19. The van der Waals surface area contributed by atoms with Crippen LogP contribution >= 0.6 is 0 Å². The molecule has 0 atom stereocenters. The normalized spacial score (nSPS) is 9.29. The first-order valence-electron chi connectivity index (χ1n) is 6.19. The van der Waals surface area contributed by atoms with Crippen LogP contribution in [0.3, 0.4) is 0 Å². The van der Waals surface area contributed by atoms with Gasteiger partial charge in [-0.05, 0) is 48.5 Å². The second kappa shape index (κ2) is 6.23. The van der Waals surface area contributed by atoms with Crippen LogP contribution in [0.15, 0.2) is 48.5 Å². The van der Waals surface area contributed by atoms with E-state index < -0.39 is 0 Å². The monoisotopic (exact) mass is 276 g/mol. The Morgan fingerprint density at radius 3 is 1.90 bits per heavy atom. The molecule has 0 spiro atoms. The molecule has 102 valence electrons. The summed E-state index contributed by atoms with van der Waals surface area (Å²) >= 11 is 0. The van der Waals surface area contributed by atoms with Gasteiger partial charge in [-0.3, -0.25) is 4.90 Å². The molecule has 1 N–H and O–H groups in total. The van der Waals surface area contributed by atoms with Crippen LogP contribution in [0, 0.1) is 22.7 Å². The topological polar surface area (TPSA) is 79.9 Å². The Kier molecular flexibility index (Phi) is 4.18. The lowest BCUT2D eigenvalue weighted by molar-refractivity contribution is 0.258. The van der Waals surface area contributed by atoms with Crippen molar-refractivity contribution >= 4 is 17.4 Å². The summed E-state index contributed by atoms with van der Waals surface area (Å²) < 4.78 is 0. The van der Waals surface area contributed by atoms with E-state index >= 15 is 0 Å². The first kappa shape index (κ1) is 14.1. The number of hydrogen-bond donors (Lipinski definition) is 1. The second-order valence-corrected chi connectivity index (χ2v) is 4.34. The minimum atomic E-state index is -0.301. The predicted molar refractivity (Wildman–Crippen MR) is 79.7 cm³/mol. The third-order valence-electron chi connectivity index (χ3n) is 2.95. The number of urea groups is 1. The minimum absolute atomic E-state index is 0.301. The fraction of sp³-hybridized carbons (Fsp3) is 0.0625. The number of rotatable bonds is 2. The number of hydrogen-bond acceptors (Lipinski definition) is 3. The van der Waals surface area contributed by atoms with Crippen molar-refractivity contribution in [1.82, 2.24) is 0 Å². The molecule has 2 amide bonds. The third kappa shape index (κ3) is 3.37. The van der Waals surface area contributed by atoms with E-state index in [1.54, 1.807) is 55.6 Å². The Labute approximate surface area is 122 Å².